The van der Waals surface area contributed by atoms with Crippen molar-refractivity contribution in [1.82, 2.24) is 9.80 Å². The van der Waals surface area contributed by atoms with Crippen molar-refractivity contribution in [3.8, 4) is 0 Å². The Bertz CT molecular complexity index is 1490. The van der Waals surface area contributed by atoms with E-state index in [-0.39, 0.29) is 38.7 Å². The van der Waals surface area contributed by atoms with E-state index < -0.39 is 57.2 Å². The Kier molecular flexibility index (Phi) is 8.72. The van der Waals surface area contributed by atoms with Crippen molar-refractivity contribution in [2.24, 2.45) is 0 Å². The number of nitrogens with zero attached hydrogens (tertiary/aromatic N) is 2. The number of piperazine rings is 1. The van der Waals surface area contributed by atoms with Crippen LogP contribution in [0, 0.1) is 0 Å². The molecule has 0 aliphatic carbocycles. The van der Waals surface area contributed by atoms with E-state index in [1.165, 1.54) is 4.90 Å². The highest BCUT2D eigenvalue weighted by Gasteiger charge is 2.39. The minimum atomic E-state index is -5.09. The monoisotopic (exact) mass is 602 g/mol. The Morgan fingerprint density at radius 1 is 0.927 bits per heavy atom. The van der Waals surface area contributed by atoms with E-state index in [0.29, 0.717) is 12.1 Å². The fourth-order valence-corrected chi connectivity index (χ4v) is 5.76. The van der Waals surface area contributed by atoms with Crippen molar-refractivity contribution in [3.05, 3.63) is 82.9 Å². The smallest absolute Gasteiger partial charge is 0.333 e. The van der Waals surface area contributed by atoms with Crippen LogP contribution >= 0.6 is 0 Å². The molecule has 3 aromatic rings. The molecule has 0 saturated carbocycles. The van der Waals surface area contributed by atoms with Crippen molar-refractivity contribution < 1.29 is 43.7 Å². The molecule has 1 amide bonds. The average molecular weight is 603 g/mol. The molecule has 0 N–H and O–H groups in total. The van der Waals surface area contributed by atoms with Crippen molar-refractivity contribution >= 4 is 26.8 Å². The summed E-state index contributed by atoms with van der Waals surface area (Å²) in [4.78, 5) is 16.7. The second-order valence-electron chi connectivity index (χ2n) is 10.2. The quantitative estimate of drug-likeness (QED) is 0.260. The summed E-state index contributed by atoms with van der Waals surface area (Å²) in [5.41, 5.74) is -3.02. The van der Waals surface area contributed by atoms with Gasteiger partial charge < -0.3 is 4.90 Å². The van der Waals surface area contributed by atoms with E-state index >= 15 is 0 Å². The highest BCUT2D eigenvalue weighted by atomic mass is 32.2. The Hall–Kier alpha value is -3.16. The van der Waals surface area contributed by atoms with Crippen molar-refractivity contribution in [3.63, 3.8) is 0 Å². The molecule has 0 bridgehead atoms. The van der Waals surface area contributed by atoms with Crippen LogP contribution in [0.5, 0.6) is 0 Å². The van der Waals surface area contributed by atoms with Crippen LogP contribution in [-0.2, 0) is 33.1 Å². The van der Waals surface area contributed by atoms with Crippen molar-refractivity contribution in [2.45, 2.75) is 37.8 Å². The maximum absolute atomic E-state index is 13.6. The first-order chi connectivity index (χ1) is 19.0. The molecule has 1 aliphatic heterocycles. The zero-order chi connectivity index (χ0) is 30.2. The summed E-state index contributed by atoms with van der Waals surface area (Å²) in [5, 5.41) is 1.91. The summed E-state index contributed by atoms with van der Waals surface area (Å²) in [5.74, 6) is -0.951. The lowest BCUT2D eigenvalue weighted by molar-refractivity contribution is -0.143. The maximum atomic E-state index is 13.6. The molecule has 1 heterocycles. The SMILES string of the molecule is CC(CN1CCN(C(=O)c2cc(C(F)(F)F)cc(C(F)(F)F)c2)[C@H](Cc2ccc3ccccc3c2)C1)OS(C)(=O)=O. The van der Waals surface area contributed by atoms with Gasteiger partial charge in [-0.05, 0) is 47.9 Å². The molecule has 0 radical (unpaired) electrons. The van der Waals surface area contributed by atoms with Gasteiger partial charge in [-0.25, -0.2) is 0 Å². The number of hydrogen-bond acceptors (Lipinski definition) is 5. The molecule has 1 saturated heterocycles. The first-order valence-corrected chi connectivity index (χ1v) is 14.5. The van der Waals surface area contributed by atoms with E-state index in [2.05, 4.69) is 0 Å². The van der Waals surface area contributed by atoms with Gasteiger partial charge in [-0.15, -0.1) is 0 Å². The highest BCUT2D eigenvalue weighted by Crippen LogP contribution is 2.37. The molecular weight excluding hydrogens is 574 g/mol. The zero-order valence-electron chi connectivity index (χ0n) is 22.2. The number of rotatable bonds is 7. The molecule has 1 fully saturated rings. The number of hydrogen-bond donors (Lipinski definition) is 0. The predicted molar refractivity (Wildman–Crippen MR) is 141 cm³/mol. The molecule has 0 aromatic heterocycles. The maximum Gasteiger partial charge on any atom is 0.416 e. The third kappa shape index (κ3) is 7.98. The van der Waals surface area contributed by atoms with Gasteiger partial charge in [0.25, 0.3) is 16.0 Å². The van der Waals surface area contributed by atoms with Crippen LogP contribution in [0.25, 0.3) is 10.8 Å². The van der Waals surface area contributed by atoms with Crippen LogP contribution in [0.4, 0.5) is 26.3 Å². The van der Waals surface area contributed by atoms with E-state index in [9.17, 15) is 39.6 Å². The molecule has 13 heteroatoms. The van der Waals surface area contributed by atoms with E-state index in [4.69, 9.17) is 4.18 Å². The van der Waals surface area contributed by atoms with Gasteiger partial charge in [-0.1, -0.05) is 42.5 Å². The van der Waals surface area contributed by atoms with Gasteiger partial charge in [0, 0.05) is 37.8 Å². The standard InChI is InChI=1S/C28H28F6N2O4S/c1-18(40-41(2,38)39)16-35-9-10-36(25(17-35)12-19-7-8-20-5-3-4-6-21(20)11-19)26(37)22-13-23(27(29,30)31)15-24(14-22)28(32,33)34/h3-8,11,13-15,18,25H,9-10,12,16-17H2,1-2H3/t18?,25-/m1/s1. The molecule has 6 nitrogen and oxygen atoms in total. The molecule has 222 valence electrons. The average Bonchev–Trinajstić information content (AvgIpc) is 2.86. The summed E-state index contributed by atoms with van der Waals surface area (Å²) in [6, 6.07) is 13.5. The lowest BCUT2D eigenvalue weighted by Crippen LogP contribution is -2.57. The lowest BCUT2D eigenvalue weighted by Gasteiger charge is -2.42. The fraction of sp³-hybridized carbons (Fsp3) is 0.393. The van der Waals surface area contributed by atoms with Gasteiger partial charge in [-0.3, -0.25) is 13.9 Å². The Morgan fingerprint density at radius 3 is 2.12 bits per heavy atom. The number of fused-ring (bicyclic) bond motifs is 1. The van der Waals surface area contributed by atoms with Crippen LogP contribution in [0.3, 0.4) is 0 Å². The topological polar surface area (TPSA) is 66.9 Å². The number of halogens is 6. The third-order valence-electron chi connectivity index (χ3n) is 6.80. The van der Waals surface area contributed by atoms with Gasteiger partial charge in [0.1, 0.15) is 0 Å². The molecule has 4 rings (SSSR count). The molecule has 3 aromatic carbocycles. The molecule has 0 spiro atoms. The van der Waals surface area contributed by atoms with E-state index in [0.717, 1.165) is 22.6 Å². The lowest BCUT2D eigenvalue weighted by atomic mass is 9.97. The van der Waals surface area contributed by atoms with Crippen LogP contribution < -0.4 is 0 Å². The summed E-state index contributed by atoms with van der Waals surface area (Å²) < 4.78 is 109. The molecule has 2 atom stereocenters. The fourth-order valence-electron chi connectivity index (χ4n) is 5.10. The first kappa shape index (κ1) is 30.8. The van der Waals surface area contributed by atoms with Gasteiger partial charge >= 0.3 is 12.4 Å². The summed E-state index contributed by atoms with van der Waals surface area (Å²) in [6.45, 7) is 2.16. The van der Waals surface area contributed by atoms with Crippen LogP contribution in [-0.4, -0.2) is 68.7 Å². The van der Waals surface area contributed by atoms with Gasteiger partial charge in [0.05, 0.1) is 23.5 Å². The normalized spacial score (nSPS) is 18.0. The number of benzene rings is 3. The van der Waals surface area contributed by atoms with Gasteiger partial charge in [0.2, 0.25) is 0 Å². The second-order valence-corrected chi connectivity index (χ2v) is 11.8. The molecule has 41 heavy (non-hydrogen) atoms. The van der Waals surface area contributed by atoms with E-state index in [1.54, 1.807) is 6.92 Å². The minimum absolute atomic E-state index is 0.000271. The highest BCUT2D eigenvalue weighted by molar-refractivity contribution is 7.86. The zero-order valence-corrected chi connectivity index (χ0v) is 23.0. The number of alkyl halides is 6. The summed E-state index contributed by atoms with van der Waals surface area (Å²) in [7, 11) is -3.72. The Morgan fingerprint density at radius 2 is 1.54 bits per heavy atom. The number of carbonyl (C=O) groups is 1. The Labute approximate surface area is 233 Å². The first-order valence-electron chi connectivity index (χ1n) is 12.7. The number of amides is 1. The van der Waals surface area contributed by atoms with Gasteiger partial charge in [0.15, 0.2) is 0 Å². The summed E-state index contributed by atoms with van der Waals surface area (Å²) in [6.07, 6.45) is -9.71. The molecule has 1 unspecified atom stereocenters. The largest absolute Gasteiger partial charge is 0.416 e. The Balaban J connectivity index is 1.67. The van der Waals surface area contributed by atoms with Crippen molar-refractivity contribution in [1.29, 1.82) is 0 Å². The van der Waals surface area contributed by atoms with E-state index in [1.807, 2.05) is 47.4 Å². The number of carbonyl (C=O) groups excluding carboxylic acids is 1. The van der Waals surface area contributed by atoms with Gasteiger partial charge in [-0.2, -0.15) is 34.8 Å². The van der Waals surface area contributed by atoms with Crippen LogP contribution in [0.15, 0.2) is 60.7 Å². The second kappa shape index (κ2) is 11.6. The summed E-state index contributed by atoms with van der Waals surface area (Å²) >= 11 is 0. The van der Waals surface area contributed by atoms with Crippen molar-refractivity contribution in [2.75, 3.05) is 32.4 Å². The minimum Gasteiger partial charge on any atom is -0.333 e. The van der Waals surface area contributed by atoms with Crippen LogP contribution in [0.1, 0.15) is 34.0 Å². The van der Waals surface area contributed by atoms with Crippen LogP contribution in [0.2, 0.25) is 0 Å². The third-order valence-corrected chi connectivity index (χ3v) is 7.48. The predicted octanol–water partition coefficient (Wildman–Crippen LogP) is 5.61. The molecular formula is C28H28F6N2O4S. The molecule has 1 aliphatic rings.